The summed E-state index contributed by atoms with van der Waals surface area (Å²) in [6, 6.07) is 12.5. The van der Waals surface area contributed by atoms with Gasteiger partial charge in [-0.3, -0.25) is 0 Å². The fraction of sp³-hybridized carbons (Fsp3) is 0.273. The molecule has 2 aromatic rings. The highest BCUT2D eigenvalue weighted by atomic mass is 16.7. The Labute approximate surface area is 170 Å². The summed E-state index contributed by atoms with van der Waals surface area (Å²) in [5, 5.41) is 82.0. The van der Waals surface area contributed by atoms with Gasteiger partial charge >= 0.3 is 0 Å². The predicted molar refractivity (Wildman–Crippen MR) is 102 cm³/mol. The van der Waals surface area contributed by atoms with E-state index >= 15 is 0 Å². The molecule has 0 aromatic heterocycles. The number of phenolic OH excluding ortho intramolecular Hbond substituents is 2. The fourth-order valence-corrected chi connectivity index (χ4v) is 5.31. The second-order valence-electron chi connectivity index (χ2n) is 8.19. The Morgan fingerprint density at radius 3 is 1.60 bits per heavy atom. The highest BCUT2D eigenvalue weighted by molar-refractivity contribution is 5.67. The van der Waals surface area contributed by atoms with Gasteiger partial charge in [-0.05, 0) is 47.4 Å². The zero-order chi connectivity index (χ0) is 21.7. The third-order valence-electron chi connectivity index (χ3n) is 6.70. The van der Waals surface area contributed by atoms with Crippen molar-refractivity contribution in [3.8, 4) is 11.5 Å². The molecule has 2 bridgehead atoms. The summed E-state index contributed by atoms with van der Waals surface area (Å²) in [6.45, 7) is 0. The number of aliphatic hydroxyl groups is 6. The van der Waals surface area contributed by atoms with E-state index < -0.39 is 28.7 Å². The maximum absolute atomic E-state index is 10.6. The van der Waals surface area contributed by atoms with E-state index in [2.05, 4.69) is 0 Å². The largest absolute Gasteiger partial charge is 0.508 e. The van der Waals surface area contributed by atoms with E-state index in [4.69, 9.17) is 0 Å². The van der Waals surface area contributed by atoms with E-state index in [0.717, 1.165) is 0 Å². The van der Waals surface area contributed by atoms with Crippen molar-refractivity contribution in [3.05, 3.63) is 82.5 Å². The number of phenols is 2. The summed E-state index contributed by atoms with van der Waals surface area (Å²) in [5.41, 5.74) is 0.0276. The highest BCUT2D eigenvalue weighted by Crippen LogP contribution is 2.66. The third-order valence-corrected chi connectivity index (χ3v) is 6.70. The van der Waals surface area contributed by atoms with Crippen molar-refractivity contribution in [1.82, 2.24) is 0 Å². The first-order valence-electron chi connectivity index (χ1n) is 9.35. The van der Waals surface area contributed by atoms with Crippen molar-refractivity contribution >= 4 is 0 Å². The first-order chi connectivity index (χ1) is 13.9. The van der Waals surface area contributed by atoms with E-state index in [-0.39, 0.29) is 29.1 Å². The molecule has 0 fully saturated rings. The molecule has 0 aliphatic heterocycles. The molecule has 3 aliphatic carbocycles. The molecule has 1 unspecified atom stereocenters. The second-order valence-corrected chi connectivity index (χ2v) is 8.19. The lowest BCUT2D eigenvalue weighted by molar-refractivity contribution is -0.417. The number of hydrogen-bond donors (Lipinski definition) is 8. The quantitative estimate of drug-likeness (QED) is 0.312. The van der Waals surface area contributed by atoms with E-state index in [1.54, 1.807) is 30.3 Å². The first kappa shape index (κ1) is 19.3. The van der Waals surface area contributed by atoms with E-state index in [0.29, 0.717) is 16.7 Å². The maximum atomic E-state index is 10.6. The van der Waals surface area contributed by atoms with Gasteiger partial charge in [0.1, 0.15) is 11.5 Å². The minimum Gasteiger partial charge on any atom is -0.508 e. The van der Waals surface area contributed by atoms with Crippen LogP contribution in [0.2, 0.25) is 0 Å². The van der Waals surface area contributed by atoms with Crippen molar-refractivity contribution in [3.63, 3.8) is 0 Å². The lowest BCUT2D eigenvalue weighted by Crippen LogP contribution is -2.65. The Morgan fingerprint density at radius 1 is 0.667 bits per heavy atom. The third kappa shape index (κ3) is 2.00. The molecule has 8 nitrogen and oxygen atoms in total. The Kier molecular flexibility index (Phi) is 3.53. The molecular weight excluding hydrogens is 392 g/mol. The van der Waals surface area contributed by atoms with Gasteiger partial charge in [-0.2, -0.15) is 0 Å². The van der Waals surface area contributed by atoms with Crippen molar-refractivity contribution in [2.75, 3.05) is 0 Å². The summed E-state index contributed by atoms with van der Waals surface area (Å²) in [4.78, 5) is 0. The number of rotatable bonds is 2. The summed E-state index contributed by atoms with van der Waals surface area (Å²) < 4.78 is 0. The molecule has 0 spiro atoms. The van der Waals surface area contributed by atoms with Gasteiger partial charge in [-0.15, -0.1) is 0 Å². The Bertz CT molecular complexity index is 1060. The standard InChI is InChI=1S/C22H20O8/c23-14-5-1-12(2-6-14)19(13-3-7-15(24)8-4-13)10-11-9-16(19)18-17(11)20(25,26)22(29,30)21(18,27)28/h1-8,10,16,23-30H,9H2. The molecule has 8 heteroatoms. The van der Waals surface area contributed by atoms with Crippen LogP contribution in [0.3, 0.4) is 0 Å². The van der Waals surface area contributed by atoms with Crippen LogP contribution in [0.4, 0.5) is 0 Å². The number of aromatic hydroxyl groups is 2. The molecule has 0 radical (unpaired) electrons. The minimum absolute atomic E-state index is 0.0318. The molecule has 1 atom stereocenters. The molecule has 0 saturated heterocycles. The van der Waals surface area contributed by atoms with Crippen molar-refractivity contribution < 1.29 is 40.9 Å². The molecule has 156 valence electrons. The molecule has 8 N–H and O–H groups in total. The van der Waals surface area contributed by atoms with Crippen LogP contribution in [0.1, 0.15) is 17.5 Å². The van der Waals surface area contributed by atoms with Gasteiger partial charge in [0.15, 0.2) is 0 Å². The minimum atomic E-state index is -3.64. The highest BCUT2D eigenvalue weighted by Gasteiger charge is 2.76. The number of hydrogen-bond acceptors (Lipinski definition) is 8. The van der Waals surface area contributed by atoms with Gasteiger partial charge in [0, 0.05) is 22.5 Å². The van der Waals surface area contributed by atoms with Crippen LogP contribution in [0.5, 0.6) is 11.5 Å². The van der Waals surface area contributed by atoms with Gasteiger partial charge in [0.25, 0.3) is 11.6 Å². The van der Waals surface area contributed by atoms with E-state index in [1.165, 1.54) is 24.3 Å². The number of fused-ring (bicyclic) bond motifs is 4. The zero-order valence-corrected chi connectivity index (χ0v) is 15.6. The normalized spacial score (nSPS) is 26.6. The van der Waals surface area contributed by atoms with Crippen LogP contribution in [-0.4, -0.2) is 58.2 Å². The average molecular weight is 412 g/mol. The van der Waals surface area contributed by atoms with Gasteiger partial charge < -0.3 is 40.9 Å². The van der Waals surface area contributed by atoms with Gasteiger partial charge in [0.05, 0.1) is 0 Å². The molecule has 2 aromatic carbocycles. The van der Waals surface area contributed by atoms with Gasteiger partial charge in [-0.1, -0.05) is 30.3 Å². The molecular formula is C22H20O8. The van der Waals surface area contributed by atoms with Crippen molar-refractivity contribution in [2.45, 2.75) is 29.2 Å². The van der Waals surface area contributed by atoms with E-state index in [9.17, 15) is 40.9 Å². The average Bonchev–Trinajstić information content (AvgIpc) is 3.28. The Hall–Kier alpha value is -2.72. The first-order valence-corrected chi connectivity index (χ1v) is 9.35. The fourth-order valence-electron chi connectivity index (χ4n) is 5.31. The van der Waals surface area contributed by atoms with Crippen LogP contribution < -0.4 is 0 Å². The molecule has 30 heavy (non-hydrogen) atoms. The lowest BCUT2D eigenvalue weighted by atomic mass is 9.64. The van der Waals surface area contributed by atoms with Gasteiger partial charge in [0.2, 0.25) is 5.79 Å². The molecule has 0 amide bonds. The van der Waals surface area contributed by atoms with Crippen molar-refractivity contribution in [1.29, 1.82) is 0 Å². The summed E-state index contributed by atoms with van der Waals surface area (Å²) in [6.07, 6.45) is 1.93. The molecule has 5 rings (SSSR count). The summed E-state index contributed by atoms with van der Waals surface area (Å²) in [7, 11) is 0. The van der Waals surface area contributed by atoms with Crippen LogP contribution in [0.25, 0.3) is 0 Å². The molecule has 3 aliphatic rings. The monoisotopic (exact) mass is 412 g/mol. The van der Waals surface area contributed by atoms with Crippen LogP contribution in [0, 0.1) is 5.92 Å². The SMILES string of the molecule is Oc1ccc(C2(c3ccc(O)cc3)C=C3CC2C2=C3C(O)(O)C(O)(O)C2(O)O)cc1. The Morgan fingerprint density at radius 2 is 1.13 bits per heavy atom. The van der Waals surface area contributed by atoms with Crippen LogP contribution in [-0.2, 0) is 5.41 Å². The smallest absolute Gasteiger partial charge is 0.283 e. The number of benzene rings is 2. The number of allylic oxidation sites excluding steroid dienone is 1. The molecule has 0 heterocycles. The van der Waals surface area contributed by atoms with Gasteiger partial charge in [-0.25, -0.2) is 0 Å². The van der Waals surface area contributed by atoms with E-state index in [1.807, 2.05) is 0 Å². The Balaban J connectivity index is 1.78. The summed E-state index contributed by atoms with van der Waals surface area (Å²) in [5.74, 6) is -10.9. The predicted octanol–water partition coefficient (Wildman–Crippen LogP) is -0.303. The zero-order valence-electron chi connectivity index (χ0n) is 15.6. The van der Waals surface area contributed by atoms with Crippen LogP contribution >= 0.6 is 0 Å². The van der Waals surface area contributed by atoms with Crippen molar-refractivity contribution in [2.24, 2.45) is 5.92 Å². The van der Waals surface area contributed by atoms with Crippen LogP contribution in [0.15, 0.2) is 71.3 Å². The summed E-state index contributed by atoms with van der Waals surface area (Å²) >= 11 is 0. The second kappa shape index (κ2) is 5.50. The maximum Gasteiger partial charge on any atom is 0.283 e. The molecule has 0 saturated carbocycles. The topological polar surface area (TPSA) is 162 Å². The lowest BCUT2D eigenvalue weighted by Gasteiger charge is -2.41.